The Labute approximate surface area is 90.6 Å². The second-order valence-electron chi connectivity index (χ2n) is 2.41. The van der Waals surface area contributed by atoms with E-state index in [1.165, 1.54) is 0 Å². The first-order chi connectivity index (χ1) is 4.70. The Hall–Kier alpha value is 0.880. The van der Waals surface area contributed by atoms with Gasteiger partial charge in [0.05, 0.1) is 18.8 Å². The fourth-order valence-corrected chi connectivity index (χ4v) is 0.452. The number of hydrogen-bond acceptors (Lipinski definition) is 2. The molecular formula is C7H16NNaO2. The van der Waals surface area contributed by atoms with Crippen molar-refractivity contribution in [1.29, 1.82) is 0 Å². The van der Waals surface area contributed by atoms with E-state index in [0.29, 0.717) is 6.61 Å². The molecule has 0 bridgehead atoms. The minimum atomic E-state index is -0.617. The third kappa shape index (κ3) is 8.79. The van der Waals surface area contributed by atoms with Crippen LogP contribution in [0.3, 0.4) is 0 Å². The number of ether oxygens (including phenoxy) is 1. The summed E-state index contributed by atoms with van der Waals surface area (Å²) in [6.45, 7) is 4.29. The zero-order chi connectivity index (χ0) is 7.98. The Morgan fingerprint density at radius 1 is 1.55 bits per heavy atom. The smallest absolute Gasteiger partial charge is 0.675 e. The number of rotatable bonds is 5. The molecule has 0 saturated heterocycles. The van der Waals surface area contributed by atoms with Crippen LogP contribution in [0.15, 0.2) is 0 Å². The molecule has 2 atom stereocenters. The van der Waals surface area contributed by atoms with Crippen LogP contribution >= 0.6 is 0 Å². The summed E-state index contributed by atoms with van der Waals surface area (Å²) in [5.74, 6) is 0. The van der Waals surface area contributed by atoms with E-state index in [1.807, 2.05) is 13.8 Å². The molecule has 0 spiro atoms. The van der Waals surface area contributed by atoms with E-state index in [1.54, 1.807) is 0 Å². The minimum absolute atomic E-state index is 0. The SMILES string of the molecule is CCC(C)OCC(O)C[NH-].[Na+]. The van der Waals surface area contributed by atoms with Crippen molar-refractivity contribution in [3.8, 4) is 0 Å². The largest absolute Gasteiger partial charge is 1.00 e. The van der Waals surface area contributed by atoms with Gasteiger partial charge >= 0.3 is 29.6 Å². The number of aliphatic hydroxyl groups excluding tert-OH is 1. The molecule has 62 valence electrons. The predicted octanol–water partition coefficient (Wildman–Crippen LogP) is -1.78. The summed E-state index contributed by atoms with van der Waals surface area (Å²) < 4.78 is 5.17. The van der Waals surface area contributed by atoms with Crippen LogP contribution in [0.2, 0.25) is 0 Å². The van der Waals surface area contributed by atoms with E-state index >= 15 is 0 Å². The van der Waals surface area contributed by atoms with Crippen LogP contribution in [0, 0.1) is 0 Å². The van der Waals surface area contributed by atoms with Crippen LogP contribution < -0.4 is 29.6 Å². The van der Waals surface area contributed by atoms with Gasteiger partial charge in [0.15, 0.2) is 0 Å². The Bertz CT molecular complexity index is 72.8. The average Bonchev–Trinajstić information content (AvgIpc) is 1.99. The molecule has 2 unspecified atom stereocenters. The predicted molar refractivity (Wildman–Crippen MR) is 40.9 cm³/mol. The molecule has 0 rings (SSSR count). The molecule has 3 nitrogen and oxygen atoms in total. The molecule has 0 heterocycles. The number of aliphatic hydroxyl groups is 1. The van der Waals surface area contributed by atoms with Crippen molar-refractivity contribution in [1.82, 2.24) is 0 Å². The van der Waals surface area contributed by atoms with E-state index in [4.69, 9.17) is 15.6 Å². The summed E-state index contributed by atoms with van der Waals surface area (Å²) in [6.07, 6.45) is 0.528. The normalized spacial score (nSPS) is 15.3. The Balaban J connectivity index is 0. The van der Waals surface area contributed by atoms with Crippen molar-refractivity contribution in [2.24, 2.45) is 0 Å². The molecule has 0 fully saturated rings. The van der Waals surface area contributed by atoms with Gasteiger partial charge in [-0.3, -0.25) is 0 Å². The van der Waals surface area contributed by atoms with Crippen LogP contribution in [-0.2, 0) is 4.74 Å². The summed E-state index contributed by atoms with van der Waals surface area (Å²) in [5, 5.41) is 8.89. The van der Waals surface area contributed by atoms with Crippen molar-refractivity contribution >= 4 is 0 Å². The first kappa shape index (κ1) is 14.4. The fourth-order valence-electron chi connectivity index (χ4n) is 0.452. The van der Waals surface area contributed by atoms with Crippen molar-refractivity contribution in [3.63, 3.8) is 0 Å². The molecule has 0 aromatic rings. The van der Waals surface area contributed by atoms with Crippen LogP contribution in [0.4, 0.5) is 0 Å². The monoisotopic (exact) mass is 169 g/mol. The molecule has 0 amide bonds. The summed E-state index contributed by atoms with van der Waals surface area (Å²) in [6, 6.07) is 0. The molecule has 0 aliphatic rings. The zero-order valence-electron chi connectivity index (χ0n) is 7.63. The van der Waals surface area contributed by atoms with E-state index in [2.05, 4.69) is 0 Å². The summed E-state index contributed by atoms with van der Waals surface area (Å²) >= 11 is 0. The summed E-state index contributed by atoms with van der Waals surface area (Å²) in [7, 11) is 0. The first-order valence-corrected chi connectivity index (χ1v) is 3.65. The molecule has 0 aliphatic carbocycles. The molecule has 11 heavy (non-hydrogen) atoms. The maximum atomic E-state index is 8.89. The molecule has 0 aliphatic heterocycles. The maximum Gasteiger partial charge on any atom is 1.00 e. The third-order valence-corrected chi connectivity index (χ3v) is 1.38. The van der Waals surface area contributed by atoms with Gasteiger partial charge in [0, 0.05) is 0 Å². The summed E-state index contributed by atoms with van der Waals surface area (Å²) in [4.78, 5) is 0. The summed E-state index contributed by atoms with van der Waals surface area (Å²) in [5.41, 5.74) is 6.78. The van der Waals surface area contributed by atoms with Gasteiger partial charge < -0.3 is 15.6 Å². The van der Waals surface area contributed by atoms with Crippen LogP contribution in [0.1, 0.15) is 20.3 Å². The Morgan fingerprint density at radius 2 is 2.09 bits per heavy atom. The van der Waals surface area contributed by atoms with Crippen molar-refractivity contribution in [3.05, 3.63) is 5.73 Å². The molecule has 4 heteroatoms. The molecule has 0 aromatic carbocycles. The van der Waals surface area contributed by atoms with Gasteiger partial charge in [0.2, 0.25) is 0 Å². The molecule has 0 aromatic heterocycles. The molecule has 0 saturated carbocycles. The molecular weight excluding hydrogens is 153 g/mol. The first-order valence-electron chi connectivity index (χ1n) is 3.65. The van der Waals surface area contributed by atoms with Gasteiger partial charge in [-0.15, -0.1) is 6.54 Å². The van der Waals surface area contributed by atoms with E-state index in [9.17, 15) is 0 Å². The van der Waals surface area contributed by atoms with E-state index in [-0.39, 0.29) is 42.2 Å². The van der Waals surface area contributed by atoms with Crippen LogP contribution in [0.5, 0.6) is 0 Å². The standard InChI is InChI=1S/C7H16NO2.Na/c1-3-6(2)10-5-7(9)4-8;/h6-9H,3-5H2,1-2H3;/q-1;+1. The molecule has 2 N–H and O–H groups in total. The van der Waals surface area contributed by atoms with Gasteiger partial charge in [0.1, 0.15) is 0 Å². The van der Waals surface area contributed by atoms with E-state index < -0.39 is 6.10 Å². The van der Waals surface area contributed by atoms with Gasteiger partial charge in [-0.05, 0) is 13.3 Å². The van der Waals surface area contributed by atoms with Crippen molar-refractivity contribution < 1.29 is 39.4 Å². The number of hydrogen-bond donors (Lipinski definition) is 1. The van der Waals surface area contributed by atoms with E-state index in [0.717, 1.165) is 6.42 Å². The Kier molecular flexibility index (Phi) is 11.8. The Morgan fingerprint density at radius 3 is 2.45 bits per heavy atom. The van der Waals surface area contributed by atoms with Crippen LogP contribution in [0.25, 0.3) is 5.73 Å². The van der Waals surface area contributed by atoms with Gasteiger partial charge in [-0.1, -0.05) is 6.92 Å². The minimum Gasteiger partial charge on any atom is -0.675 e. The topological polar surface area (TPSA) is 53.3 Å². The molecule has 0 radical (unpaired) electrons. The van der Waals surface area contributed by atoms with Crippen molar-refractivity contribution in [2.75, 3.05) is 13.2 Å². The quantitative estimate of drug-likeness (QED) is 0.495. The average molecular weight is 169 g/mol. The fraction of sp³-hybridized carbons (Fsp3) is 1.00. The van der Waals surface area contributed by atoms with Gasteiger partial charge in [-0.25, -0.2) is 0 Å². The second-order valence-corrected chi connectivity index (χ2v) is 2.41. The van der Waals surface area contributed by atoms with Gasteiger partial charge in [0.25, 0.3) is 0 Å². The zero-order valence-corrected chi connectivity index (χ0v) is 9.63. The van der Waals surface area contributed by atoms with Crippen molar-refractivity contribution in [2.45, 2.75) is 32.5 Å². The second kappa shape index (κ2) is 8.97. The van der Waals surface area contributed by atoms with Gasteiger partial charge in [-0.2, -0.15) is 0 Å². The maximum absolute atomic E-state index is 8.89. The number of nitrogens with one attached hydrogen (secondary N) is 1. The third-order valence-electron chi connectivity index (χ3n) is 1.38. The van der Waals surface area contributed by atoms with Crippen LogP contribution in [-0.4, -0.2) is 30.5 Å².